The molecule has 2 aromatic carbocycles. The highest BCUT2D eigenvalue weighted by atomic mass is 32.2. The van der Waals surface area contributed by atoms with Gasteiger partial charge in [-0.1, -0.05) is 57.2 Å². The van der Waals surface area contributed by atoms with E-state index in [4.69, 9.17) is 4.74 Å². The maximum absolute atomic E-state index is 13.0. The Morgan fingerprint density at radius 1 is 1.14 bits per heavy atom. The molecule has 148 valence electrons. The molecule has 0 unspecified atom stereocenters. The van der Waals surface area contributed by atoms with E-state index in [0.717, 1.165) is 0 Å². The molecule has 5 nitrogen and oxygen atoms in total. The van der Waals surface area contributed by atoms with Gasteiger partial charge in [0.2, 0.25) is 5.91 Å². The number of carbonyl (C=O) groups excluding carboxylic acids is 1. The van der Waals surface area contributed by atoms with Crippen LogP contribution in [0.5, 0.6) is 11.5 Å². The lowest BCUT2D eigenvalue weighted by molar-refractivity contribution is -0.128. The Kier molecular flexibility index (Phi) is 5.10. The van der Waals surface area contributed by atoms with Crippen LogP contribution in [0, 0.1) is 16.7 Å². The standard InChI is InChI=1S/C22H25NO4S/c1-5-16-15-22(16,21(2,3)4)20(24)23-28(25,26)19-14-10-9-13-18(19)27-17-11-7-6-8-12-17/h5-14,16H,1,15H2,2-4H3,(H,23,24)/t16-,22-/m1/s1. The summed E-state index contributed by atoms with van der Waals surface area (Å²) in [4.78, 5) is 12.9. The van der Waals surface area contributed by atoms with Gasteiger partial charge in [0.05, 0.1) is 5.41 Å². The zero-order valence-corrected chi connectivity index (χ0v) is 17.1. The highest BCUT2D eigenvalue weighted by Gasteiger charge is 2.65. The molecule has 1 fully saturated rings. The number of nitrogens with one attached hydrogen (secondary N) is 1. The van der Waals surface area contributed by atoms with Crippen molar-refractivity contribution in [2.24, 2.45) is 16.7 Å². The van der Waals surface area contributed by atoms with Crippen molar-refractivity contribution < 1.29 is 17.9 Å². The first kappa shape index (κ1) is 20.1. The van der Waals surface area contributed by atoms with Crippen LogP contribution in [0.15, 0.2) is 72.1 Å². The molecule has 0 aromatic heterocycles. The van der Waals surface area contributed by atoms with Gasteiger partial charge in [0, 0.05) is 0 Å². The number of ether oxygens (including phenoxy) is 1. The first-order valence-electron chi connectivity index (χ1n) is 9.13. The first-order valence-corrected chi connectivity index (χ1v) is 10.6. The Balaban J connectivity index is 1.90. The van der Waals surface area contributed by atoms with Crippen LogP contribution >= 0.6 is 0 Å². The van der Waals surface area contributed by atoms with Crippen molar-refractivity contribution in [3.63, 3.8) is 0 Å². The highest BCUT2D eigenvalue weighted by Crippen LogP contribution is 2.64. The van der Waals surface area contributed by atoms with E-state index in [2.05, 4.69) is 11.3 Å². The lowest BCUT2D eigenvalue weighted by atomic mass is 9.75. The quantitative estimate of drug-likeness (QED) is 0.725. The number of hydrogen-bond donors (Lipinski definition) is 1. The summed E-state index contributed by atoms with van der Waals surface area (Å²) in [5.41, 5.74) is -1.18. The maximum atomic E-state index is 13.0. The van der Waals surface area contributed by atoms with Gasteiger partial charge in [0.15, 0.2) is 0 Å². The molecular weight excluding hydrogens is 374 g/mol. The second-order valence-corrected chi connectivity index (χ2v) is 9.71. The third-order valence-corrected chi connectivity index (χ3v) is 6.75. The van der Waals surface area contributed by atoms with E-state index in [1.807, 2.05) is 26.8 Å². The Morgan fingerprint density at radius 2 is 1.75 bits per heavy atom. The number of rotatable bonds is 6. The minimum atomic E-state index is -4.10. The molecule has 28 heavy (non-hydrogen) atoms. The van der Waals surface area contributed by atoms with Crippen LogP contribution in [0.1, 0.15) is 27.2 Å². The smallest absolute Gasteiger partial charge is 0.267 e. The number of amides is 1. The third kappa shape index (κ3) is 3.56. The lowest BCUT2D eigenvalue weighted by Gasteiger charge is -2.30. The Morgan fingerprint density at radius 3 is 2.32 bits per heavy atom. The van der Waals surface area contributed by atoms with Crippen LogP contribution in [0.25, 0.3) is 0 Å². The highest BCUT2D eigenvalue weighted by molar-refractivity contribution is 7.90. The van der Waals surface area contributed by atoms with E-state index < -0.39 is 26.8 Å². The normalized spacial score (nSPS) is 21.6. The first-order chi connectivity index (χ1) is 13.1. The van der Waals surface area contributed by atoms with Gasteiger partial charge in [-0.3, -0.25) is 4.79 Å². The summed E-state index contributed by atoms with van der Waals surface area (Å²) < 4.78 is 34.0. The second-order valence-electron chi connectivity index (χ2n) is 8.06. The molecule has 1 saturated carbocycles. The van der Waals surface area contributed by atoms with E-state index in [0.29, 0.717) is 12.2 Å². The summed E-state index contributed by atoms with van der Waals surface area (Å²) in [6, 6.07) is 15.2. The van der Waals surface area contributed by atoms with Crippen LogP contribution < -0.4 is 9.46 Å². The van der Waals surface area contributed by atoms with Crippen LogP contribution in [0.3, 0.4) is 0 Å². The summed E-state index contributed by atoms with van der Waals surface area (Å²) in [6.45, 7) is 9.60. The van der Waals surface area contributed by atoms with Gasteiger partial charge in [-0.15, -0.1) is 6.58 Å². The van der Waals surface area contributed by atoms with Gasteiger partial charge in [0.25, 0.3) is 10.0 Å². The number of hydrogen-bond acceptors (Lipinski definition) is 4. The molecule has 0 radical (unpaired) electrons. The summed E-state index contributed by atoms with van der Waals surface area (Å²) in [6.07, 6.45) is 2.31. The molecule has 0 saturated heterocycles. The fourth-order valence-corrected chi connectivity index (χ4v) is 4.85. The third-order valence-electron chi connectivity index (χ3n) is 5.38. The number of para-hydroxylation sites is 2. The number of carbonyl (C=O) groups is 1. The van der Waals surface area contributed by atoms with Crippen molar-refractivity contribution >= 4 is 15.9 Å². The van der Waals surface area contributed by atoms with Crippen molar-refractivity contribution in [2.75, 3.05) is 0 Å². The van der Waals surface area contributed by atoms with Gasteiger partial charge in [0.1, 0.15) is 16.4 Å². The minimum absolute atomic E-state index is 0.0430. The lowest BCUT2D eigenvalue weighted by Crippen LogP contribution is -2.43. The van der Waals surface area contributed by atoms with Crippen LogP contribution in [0.2, 0.25) is 0 Å². The fourth-order valence-electron chi connectivity index (χ4n) is 3.68. The average Bonchev–Trinajstić information content (AvgIpc) is 3.39. The minimum Gasteiger partial charge on any atom is -0.456 e. The van der Waals surface area contributed by atoms with Gasteiger partial charge < -0.3 is 4.74 Å². The van der Waals surface area contributed by atoms with Gasteiger partial charge in [-0.05, 0) is 42.0 Å². The van der Waals surface area contributed by atoms with Crippen LogP contribution in [-0.4, -0.2) is 14.3 Å². The maximum Gasteiger partial charge on any atom is 0.267 e. The average molecular weight is 400 g/mol. The van der Waals surface area contributed by atoms with Crippen LogP contribution in [0.4, 0.5) is 0 Å². The van der Waals surface area contributed by atoms with Gasteiger partial charge in [-0.25, -0.2) is 13.1 Å². The number of benzene rings is 2. The van der Waals surface area contributed by atoms with Crippen LogP contribution in [-0.2, 0) is 14.8 Å². The van der Waals surface area contributed by atoms with E-state index in [1.165, 1.54) is 6.07 Å². The van der Waals surface area contributed by atoms with Crippen molar-refractivity contribution in [3.8, 4) is 11.5 Å². The van der Waals surface area contributed by atoms with Gasteiger partial charge >= 0.3 is 0 Å². The number of sulfonamides is 1. The van der Waals surface area contributed by atoms with Gasteiger partial charge in [-0.2, -0.15) is 0 Å². The van der Waals surface area contributed by atoms with Crippen molar-refractivity contribution in [2.45, 2.75) is 32.1 Å². The molecule has 1 N–H and O–H groups in total. The Bertz CT molecular complexity index is 993. The van der Waals surface area contributed by atoms with E-state index in [1.54, 1.807) is 48.5 Å². The Hall–Kier alpha value is -2.60. The van der Waals surface area contributed by atoms with E-state index in [-0.39, 0.29) is 16.6 Å². The summed E-state index contributed by atoms with van der Waals surface area (Å²) >= 11 is 0. The second kappa shape index (κ2) is 7.09. The fraction of sp³-hybridized carbons (Fsp3) is 0.318. The van der Waals surface area contributed by atoms with E-state index >= 15 is 0 Å². The predicted molar refractivity (Wildman–Crippen MR) is 108 cm³/mol. The summed E-state index contributed by atoms with van der Waals surface area (Å²) in [5.74, 6) is 0.129. The molecule has 0 spiro atoms. The molecule has 2 atom stereocenters. The zero-order chi connectivity index (χ0) is 20.6. The molecule has 3 rings (SSSR count). The van der Waals surface area contributed by atoms with E-state index in [9.17, 15) is 13.2 Å². The molecule has 1 aliphatic carbocycles. The SMILES string of the molecule is C=C[C@@H]1C[C@@]1(C(=O)NS(=O)(=O)c1ccccc1Oc1ccccc1)C(C)(C)C. The predicted octanol–water partition coefficient (Wildman–Crippen LogP) is 4.52. The number of allylic oxidation sites excluding steroid dienone is 1. The molecule has 1 amide bonds. The molecule has 6 heteroatoms. The molecular formula is C22H25NO4S. The molecule has 0 bridgehead atoms. The Labute approximate surface area is 166 Å². The summed E-state index contributed by atoms with van der Waals surface area (Å²) in [7, 11) is -4.10. The molecule has 0 heterocycles. The molecule has 0 aliphatic heterocycles. The largest absolute Gasteiger partial charge is 0.456 e. The monoisotopic (exact) mass is 399 g/mol. The van der Waals surface area contributed by atoms with Crippen molar-refractivity contribution in [3.05, 3.63) is 67.3 Å². The van der Waals surface area contributed by atoms with Crippen molar-refractivity contribution in [1.82, 2.24) is 4.72 Å². The summed E-state index contributed by atoms with van der Waals surface area (Å²) in [5, 5.41) is 0. The topological polar surface area (TPSA) is 72.5 Å². The molecule has 2 aromatic rings. The zero-order valence-electron chi connectivity index (χ0n) is 16.3. The van der Waals surface area contributed by atoms with Crippen molar-refractivity contribution in [1.29, 1.82) is 0 Å². The molecule has 1 aliphatic rings.